The van der Waals surface area contributed by atoms with Crippen LogP contribution in [0.1, 0.15) is 22.9 Å². The van der Waals surface area contributed by atoms with Crippen LogP contribution in [0.3, 0.4) is 0 Å². The van der Waals surface area contributed by atoms with E-state index in [2.05, 4.69) is 46.2 Å². The van der Waals surface area contributed by atoms with E-state index < -0.39 is 0 Å². The number of halogens is 1. The molecule has 2 N–H and O–H groups in total. The number of aryl methyl sites for hydroxylation is 2. The van der Waals surface area contributed by atoms with Crippen molar-refractivity contribution in [1.82, 2.24) is 9.78 Å². The molecule has 0 spiro atoms. The SMILES string of the molecule is Cc1cc(Br)cc(C(N)Cc2ccn(C)n2)c1. The van der Waals surface area contributed by atoms with Crippen LogP contribution in [-0.4, -0.2) is 9.78 Å². The van der Waals surface area contributed by atoms with E-state index >= 15 is 0 Å². The van der Waals surface area contributed by atoms with E-state index in [0.717, 1.165) is 22.2 Å². The highest BCUT2D eigenvalue weighted by Gasteiger charge is 2.10. The van der Waals surface area contributed by atoms with Crippen molar-refractivity contribution in [3.05, 3.63) is 51.8 Å². The van der Waals surface area contributed by atoms with Crippen molar-refractivity contribution in [3.63, 3.8) is 0 Å². The zero-order valence-corrected chi connectivity index (χ0v) is 11.6. The van der Waals surface area contributed by atoms with Crippen LogP contribution < -0.4 is 5.73 Å². The summed E-state index contributed by atoms with van der Waals surface area (Å²) in [6.07, 6.45) is 2.70. The molecule has 0 amide bonds. The summed E-state index contributed by atoms with van der Waals surface area (Å²) in [5, 5.41) is 4.35. The van der Waals surface area contributed by atoms with E-state index in [0.29, 0.717) is 0 Å². The molecule has 17 heavy (non-hydrogen) atoms. The summed E-state index contributed by atoms with van der Waals surface area (Å²) in [5.41, 5.74) is 9.58. The normalized spacial score (nSPS) is 12.7. The highest BCUT2D eigenvalue weighted by atomic mass is 79.9. The molecular weight excluding hydrogens is 278 g/mol. The Hall–Kier alpha value is -1.13. The van der Waals surface area contributed by atoms with Gasteiger partial charge in [0.05, 0.1) is 5.69 Å². The van der Waals surface area contributed by atoms with Crippen molar-refractivity contribution in [2.24, 2.45) is 12.8 Å². The number of aromatic nitrogens is 2. The molecule has 90 valence electrons. The molecule has 1 aromatic carbocycles. The van der Waals surface area contributed by atoms with E-state index in [1.807, 2.05) is 19.3 Å². The Bertz CT molecular complexity index is 499. The van der Waals surface area contributed by atoms with Gasteiger partial charge in [0.25, 0.3) is 0 Å². The molecular formula is C13H16BrN3. The van der Waals surface area contributed by atoms with E-state index in [1.165, 1.54) is 5.56 Å². The minimum Gasteiger partial charge on any atom is -0.324 e. The van der Waals surface area contributed by atoms with Gasteiger partial charge in [0.15, 0.2) is 0 Å². The van der Waals surface area contributed by atoms with Gasteiger partial charge < -0.3 is 5.73 Å². The molecule has 2 rings (SSSR count). The lowest BCUT2D eigenvalue weighted by Gasteiger charge is -2.12. The van der Waals surface area contributed by atoms with Gasteiger partial charge in [0, 0.05) is 30.2 Å². The Kier molecular flexibility index (Phi) is 3.64. The first-order valence-corrected chi connectivity index (χ1v) is 6.35. The molecule has 1 atom stereocenters. The summed E-state index contributed by atoms with van der Waals surface area (Å²) < 4.78 is 2.87. The van der Waals surface area contributed by atoms with E-state index in [1.54, 1.807) is 4.68 Å². The van der Waals surface area contributed by atoms with Crippen LogP contribution in [0.2, 0.25) is 0 Å². The minimum atomic E-state index is -0.0129. The highest BCUT2D eigenvalue weighted by molar-refractivity contribution is 9.10. The van der Waals surface area contributed by atoms with Gasteiger partial charge in [-0.1, -0.05) is 22.0 Å². The predicted octanol–water partition coefficient (Wildman–Crippen LogP) is 2.73. The first kappa shape index (κ1) is 12.3. The molecule has 0 aliphatic carbocycles. The van der Waals surface area contributed by atoms with Crippen molar-refractivity contribution in [2.75, 3.05) is 0 Å². The van der Waals surface area contributed by atoms with Crippen LogP contribution in [0.25, 0.3) is 0 Å². The number of nitrogens with two attached hydrogens (primary N) is 1. The van der Waals surface area contributed by atoms with Crippen molar-refractivity contribution < 1.29 is 0 Å². The summed E-state index contributed by atoms with van der Waals surface area (Å²) in [4.78, 5) is 0. The second-order valence-electron chi connectivity index (χ2n) is 4.35. The van der Waals surface area contributed by atoms with E-state index in [9.17, 15) is 0 Å². The third kappa shape index (κ3) is 3.17. The Morgan fingerprint density at radius 3 is 2.76 bits per heavy atom. The number of nitrogens with zero attached hydrogens (tertiary/aromatic N) is 2. The van der Waals surface area contributed by atoms with Crippen molar-refractivity contribution in [3.8, 4) is 0 Å². The van der Waals surface area contributed by atoms with Gasteiger partial charge in [-0.25, -0.2) is 0 Å². The van der Waals surface area contributed by atoms with Crippen LogP contribution in [0, 0.1) is 6.92 Å². The topological polar surface area (TPSA) is 43.8 Å². The lowest BCUT2D eigenvalue weighted by molar-refractivity contribution is 0.674. The van der Waals surface area contributed by atoms with Crippen molar-refractivity contribution >= 4 is 15.9 Å². The van der Waals surface area contributed by atoms with Crippen LogP contribution in [0.4, 0.5) is 0 Å². The van der Waals surface area contributed by atoms with Gasteiger partial charge in [-0.05, 0) is 36.2 Å². The first-order valence-electron chi connectivity index (χ1n) is 5.56. The molecule has 3 nitrogen and oxygen atoms in total. The third-order valence-electron chi connectivity index (χ3n) is 2.69. The highest BCUT2D eigenvalue weighted by Crippen LogP contribution is 2.21. The van der Waals surface area contributed by atoms with Gasteiger partial charge in [0.1, 0.15) is 0 Å². The van der Waals surface area contributed by atoms with Crippen LogP contribution in [0.15, 0.2) is 34.9 Å². The number of hydrogen-bond acceptors (Lipinski definition) is 2. The van der Waals surface area contributed by atoms with E-state index in [-0.39, 0.29) is 6.04 Å². The van der Waals surface area contributed by atoms with Gasteiger partial charge in [0.2, 0.25) is 0 Å². The molecule has 2 aromatic rings. The molecule has 0 saturated heterocycles. The maximum atomic E-state index is 6.20. The van der Waals surface area contributed by atoms with Gasteiger partial charge in [-0.15, -0.1) is 0 Å². The van der Waals surface area contributed by atoms with E-state index in [4.69, 9.17) is 5.73 Å². The smallest absolute Gasteiger partial charge is 0.0643 e. The van der Waals surface area contributed by atoms with Gasteiger partial charge in [-0.2, -0.15) is 5.10 Å². The molecule has 0 fully saturated rings. The Labute approximate surface area is 110 Å². The fraction of sp³-hybridized carbons (Fsp3) is 0.308. The lowest BCUT2D eigenvalue weighted by Crippen LogP contribution is -2.14. The summed E-state index contributed by atoms with van der Waals surface area (Å²) in [6, 6.07) is 8.27. The Balaban J connectivity index is 2.16. The first-order chi connectivity index (χ1) is 8.04. The molecule has 0 aliphatic heterocycles. The maximum Gasteiger partial charge on any atom is 0.0643 e. The lowest BCUT2D eigenvalue weighted by atomic mass is 10.0. The molecule has 4 heteroatoms. The van der Waals surface area contributed by atoms with Crippen LogP contribution in [-0.2, 0) is 13.5 Å². The Morgan fingerprint density at radius 1 is 1.41 bits per heavy atom. The quantitative estimate of drug-likeness (QED) is 0.946. The number of hydrogen-bond donors (Lipinski definition) is 1. The largest absolute Gasteiger partial charge is 0.324 e. The van der Waals surface area contributed by atoms with Gasteiger partial charge >= 0.3 is 0 Å². The standard InChI is InChI=1S/C13H16BrN3/c1-9-5-10(7-11(14)6-9)13(15)8-12-3-4-17(2)16-12/h3-7,13H,8,15H2,1-2H3. The summed E-state index contributed by atoms with van der Waals surface area (Å²) >= 11 is 3.50. The summed E-state index contributed by atoms with van der Waals surface area (Å²) in [6.45, 7) is 2.07. The zero-order valence-electron chi connectivity index (χ0n) is 10.0. The summed E-state index contributed by atoms with van der Waals surface area (Å²) in [5.74, 6) is 0. The molecule has 1 unspecified atom stereocenters. The summed E-state index contributed by atoms with van der Waals surface area (Å²) in [7, 11) is 1.91. The molecule has 0 saturated carbocycles. The van der Waals surface area contributed by atoms with Crippen LogP contribution in [0.5, 0.6) is 0 Å². The minimum absolute atomic E-state index is 0.0129. The molecule has 0 radical (unpaired) electrons. The second-order valence-corrected chi connectivity index (χ2v) is 5.27. The van der Waals surface area contributed by atoms with Crippen molar-refractivity contribution in [1.29, 1.82) is 0 Å². The molecule has 0 aliphatic rings. The fourth-order valence-corrected chi connectivity index (χ4v) is 2.52. The molecule has 0 bridgehead atoms. The molecule has 1 heterocycles. The number of rotatable bonds is 3. The monoisotopic (exact) mass is 293 g/mol. The second kappa shape index (κ2) is 5.02. The average molecular weight is 294 g/mol. The molecule has 1 aromatic heterocycles. The van der Waals surface area contributed by atoms with Crippen LogP contribution >= 0.6 is 15.9 Å². The fourth-order valence-electron chi connectivity index (χ4n) is 1.89. The Morgan fingerprint density at radius 2 is 2.18 bits per heavy atom. The van der Waals surface area contributed by atoms with Crippen molar-refractivity contribution in [2.45, 2.75) is 19.4 Å². The third-order valence-corrected chi connectivity index (χ3v) is 3.15. The number of benzene rings is 1. The average Bonchev–Trinajstić information content (AvgIpc) is 2.62. The predicted molar refractivity (Wildman–Crippen MR) is 72.7 cm³/mol. The zero-order chi connectivity index (χ0) is 12.4. The van der Waals surface area contributed by atoms with Gasteiger partial charge in [-0.3, -0.25) is 4.68 Å². The maximum absolute atomic E-state index is 6.20.